The van der Waals surface area contributed by atoms with Gasteiger partial charge in [0, 0.05) is 6.16 Å². The van der Waals surface area contributed by atoms with E-state index in [0.717, 1.165) is 0 Å². The quantitative estimate of drug-likeness (QED) is 0.241. The number of amides is 1. The Balaban J connectivity index is 0. The van der Waals surface area contributed by atoms with Crippen LogP contribution in [-0.2, 0) is 21.3 Å². The number of carbonyl (C=O) groups excluding carboxylic acids is 1. The summed E-state index contributed by atoms with van der Waals surface area (Å²) >= 11 is 4.05. The van der Waals surface area contributed by atoms with Crippen molar-refractivity contribution in [3.05, 3.63) is 0 Å². The van der Waals surface area contributed by atoms with Crippen LogP contribution in [0.2, 0.25) is 0 Å². The topological polar surface area (TPSA) is 165 Å². The fourth-order valence-electron chi connectivity index (χ4n) is 1.66. The van der Waals surface area contributed by atoms with Crippen molar-refractivity contribution < 1.29 is 98.9 Å². The van der Waals surface area contributed by atoms with E-state index < -0.39 is 55.8 Å². The normalized spacial score (nSPS) is 32.6. The van der Waals surface area contributed by atoms with Crippen LogP contribution in [0.4, 0.5) is 0 Å². The molecule has 21 heavy (non-hydrogen) atoms. The van der Waals surface area contributed by atoms with Crippen LogP contribution in [0.25, 0.3) is 0 Å². The molecule has 9 nitrogen and oxygen atoms in total. The van der Waals surface area contributed by atoms with E-state index in [1.807, 2.05) is 5.32 Å². The van der Waals surface area contributed by atoms with Crippen molar-refractivity contribution in [1.29, 1.82) is 0 Å². The SMILES string of the molecule is O=C(CP([O-])([O-])=S)NC1C(O)OC(CO)C(O)C1O.[Na+].[Na+]. The second kappa shape index (κ2) is 10.7. The molecule has 13 heteroatoms. The molecule has 0 aromatic carbocycles. The van der Waals surface area contributed by atoms with Gasteiger partial charge >= 0.3 is 59.1 Å². The average Bonchev–Trinajstić information content (AvgIpc) is 2.27. The summed E-state index contributed by atoms with van der Waals surface area (Å²) in [6, 6.07) is -1.42. The maximum Gasteiger partial charge on any atom is 1.00 e. The van der Waals surface area contributed by atoms with Crippen molar-refractivity contribution in [3.63, 3.8) is 0 Å². The van der Waals surface area contributed by atoms with Gasteiger partial charge in [-0.2, -0.15) is 0 Å². The average molecular weight is 361 g/mol. The first kappa shape index (κ1) is 25.1. The molecule has 0 radical (unpaired) electrons. The smallest absolute Gasteiger partial charge is 0.832 e. The van der Waals surface area contributed by atoms with Crippen LogP contribution in [0.5, 0.6) is 0 Å². The van der Waals surface area contributed by atoms with Crippen LogP contribution < -0.4 is 74.2 Å². The number of aliphatic hydroxyl groups excluding tert-OH is 4. The van der Waals surface area contributed by atoms with Crippen molar-refractivity contribution in [2.24, 2.45) is 0 Å². The summed E-state index contributed by atoms with van der Waals surface area (Å²) in [6.07, 6.45) is -7.04. The Hall–Kier alpha value is 1.84. The van der Waals surface area contributed by atoms with E-state index in [1.54, 1.807) is 0 Å². The van der Waals surface area contributed by atoms with Gasteiger partial charge in [0.1, 0.15) is 24.4 Å². The summed E-state index contributed by atoms with van der Waals surface area (Å²) in [5, 5.41) is 39.6. The Morgan fingerprint density at radius 3 is 2.19 bits per heavy atom. The molecular formula is C8H14NNa2O8PS. The van der Waals surface area contributed by atoms with Crippen LogP contribution in [0.3, 0.4) is 0 Å². The number of carbonyl (C=O) groups is 1. The zero-order chi connectivity index (χ0) is 14.8. The molecule has 0 bridgehead atoms. The van der Waals surface area contributed by atoms with E-state index in [9.17, 15) is 29.9 Å². The molecule has 1 amide bonds. The summed E-state index contributed by atoms with van der Waals surface area (Å²) in [4.78, 5) is 32.8. The number of aliphatic hydroxyl groups is 4. The minimum atomic E-state index is -4.25. The third-order valence-corrected chi connectivity index (χ3v) is 3.63. The molecule has 5 unspecified atom stereocenters. The molecule has 1 saturated heterocycles. The molecule has 1 aliphatic heterocycles. The predicted molar refractivity (Wildman–Crippen MR) is 61.1 cm³/mol. The van der Waals surface area contributed by atoms with Gasteiger partial charge in [0.25, 0.3) is 0 Å². The first-order chi connectivity index (χ1) is 8.65. The van der Waals surface area contributed by atoms with Gasteiger partial charge in [0.2, 0.25) is 5.91 Å². The van der Waals surface area contributed by atoms with Crippen LogP contribution >= 0.6 is 6.49 Å². The number of hydrogen-bond acceptors (Lipinski definition) is 9. The molecule has 5 atom stereocenters. The molecule has 0 aliphatic carbocycles. The molecule has 0 saturated carbocycles. The molecular weight excluding hydrogens is 347 g/mol. The largest absolute Gasteiger partial charge is 1.00 e. The van der Waals surface area contributed by atoms with Crippen molar-refractivity contribution >= 4 is 24.2 Å². The van der Waals surface area contributed by atoms with Crippen molar-refractivity contribution in [3.8, 4) is 0 Å². The van der Waals surface area contributed by atoms with Crippen molar-refractivity contribution in [1.82, 2.24) is 5.32 Å². The van der Waals surface area contributed by atoms with Crippen LogP contribution in [-0.4, -0.2) is 69.7 Å². The van der Waals surface area contributed by atoms with Crippen LogP contribution in [0, 0.1) is 0 Å². The molecule has 0 aromatic rings. The predicted octanol–water partition coefficient (Wildman–Crippen LogP) is -11.1. The second-order valence-corrected chi connectivity index (χ2v) is 7.30. The van der Waals surface area contributed by atoms with E-state index in [0.29, 0.717) is 0 Å². The van der Waals surface area contributed by atoms with Gasteiger partial charge in [-0.05, 0) is 0 Å². The van der Waals surface area contributed by atoms with Gasteiger partial charge in [-0.25, -0.2) is 6.49 Å². The number of ether oxygens (including phenoxy) is 1. The molecule has 1 aliphatic rings. The molecule has 1 rings (SSSR count). The van der Waals surface area contributed by atoms with Gasteiger partial charge < -0.3 is 40.3 Å². The number of rotatable bonds is 4. The van der Waals surface area contributed by atoms with Gasteiger partial charge in [-0.3, -0.25) is 4.79 Å². The molecule has 112 valence electrons. The van der Waals surface area contributed by atoms with Gasteiger partial charge in [-0.15, -0.1) is 11.8 Å². The Morgan fingerprint density at radius 2 is 1.76 bits per heavy atom. The summed E-state index contributed by atoms with van der Waals surface area (Å²) in [6.45, 7) is -4.89. The van der Waals surface area contributed by atoms with Gasteiger partial charge in [0.05, 0.1) is 6.61 Å². The van der Waals surface area contributed by atoms with E-state index in [-0.39, 0.29) is 59.1 Å². The first-order valence-electron chi connectivity index (χ1n) is 5.26. The standard InChI is InChI=1S/C8H16NO8PS.2Na/c10-1-3-6(12)7(13)5(8(14)17-3)9-4(11)2-18(15,16)19;;/h3,5-8,10,12-14H,1-2H2,(H,9,11)(H2,15,16,19);;/q;2*+1/p-2. The summed E-state index contributed by atoms with van der Waals surface area (Å²) in [7, 11) is 0. The van der Waals surface area contributed by atoms with E-state index in [2.05, 4.69) is 11.8 Å². The van der Waals surface area contributed by atoms with Crippen LogP contribution in [0.15, 0.2) is 0 Å². The summed E-state index contributed by atoms with van der Waals surface area (Å²) in [5.41, 5.74) is 0. The number of hydrogen-bond donors (Lipinski definition) is 5. The minimum absolute atomic E-state index is 0. The minimum Gasteiger partial charge on any atom is -0.832 e. The fraction of sp³-hybridized carbons (Fsp3) is 0.875. The Labute approximate surface area is 170 Å². The third kappa shape index (κ3) is 7.97. The zero-order valence-corrected chi connectivity index (χ0v) is 17.3. The third-order valence-electron chi connectivity index (χ3n) is 2.57. The Morgan fingerprint density at radius 1 is 1.24 bits per heavy atom. The molecule has 0 spiro atoms. The summed E-state index contributed by atoms with van der Waals surface area (Å²) < 4.78 is 4.77. The van der Waals surface area contributed by atoms with Gasteiger partial charge in [-0.1, -0.05) is 0 Å². The van der Waals surface area contributed by atoms with Gasteiger partial charge in [0.15, 0.2) is 6.29 Å². The first-order valence-corrected chi connectivity index (χ1v) is 8.09. The summed E-state index contributed by atoms with van der Waals surface area (Å²) in [5.74, 6) is -1.03. The Bertz CT molecular complexity index is 385. The number of nitrogens with one attached hydrogen (secondary N) is 1. The van der Waals surface area contributed by atoms with Crippen LogP contribution in [0.1, 0.15) is 0 Å². The monoisotopic (exact) mass is 361 g/mol. The van der Waals surface area contributed by atoms with Crippen molar-refractivity contribution in [2.75, 3.05) is 12.8 Å². The maximum absolute atomic E-state index is 11.3. The van der Waals surface area contributed by atoms with E-state index >= 15 is 0 Å². The molecule has 5 N–H and O–H groups in total. The second-order valence-electron chi connectivity index (χ2n) is 4.09. The Kier molecular flexibility index (Phi) is 12.7. The molecule has 1 fully saturated rings. The molecule has 0 aromatic heterocycles. The molecule has 1 heterocycles. The van der Waals surface area contributed by atoms with E-state index in [4.69, 9.17) is 9.84 Å². The zero-order valence-electron chi connectivity index (χ0n) is 11.6. The maximum atomic E-state index is 11.3. The van der Waals surface area contributed by atoms with Crippen molar-refractivity contribution in [2.45, 2.75) is 30.6 Å². The fourth-order valence-corrected chi connectivity index (χ4v) is 2.46. The van der Waals surface area contributed by atoms with E-state index in [1.165, 1.54) is 0 Å².